The van der Waals surface area contributed by atoms with Gasteiger partial charge in [-0.2, -0.15) is 0 Å². The Kier molecular flexibility index (Phi) is 5.30. The average Bonchev–Trinajstić information content (AvgIpc) is 3.11. The molecule has 0 saturated carbocycles. The first-order valence-electron chi connectivity index (χ1n) is 8.84. The van der Waals surface area contributed by atoms with E-state index in [9.17, 15) is 9.59 Å². The van der Waals surface area contributed by atoms with Crippen molar-refractivity contribution in [3.8, 4) is 5.69 Å². The predicted octanol–water partition coefficient (Wildman–Crippen LogP) is 6.64. The highest BCUT2D eigenvalue weighted by Gasteiger charge is 2.36. The highest BCUT2D eigenvalue weighted by molar-refractivity contribution is 8.19. The van der Waals surface area contributed by atoms with Crippen molar-refractivity contribution in [2.45, 2.75) is 13.8 Å². The number of nitrogens with zero attached hydrogens (tertiary/aromatic N) is 2. The molecule has 4 nitrogen and oxygen atoms in total. The van der Waals surface area contributed by atoms with Crippen molar-refractivity contribution in [2.24, 2.45) is 0 Å². The van der Waals surface area contributed by atoms with E-state index in [1.54, 1.807) is 42.5 Å². The number of para-hydroxylation sites is 1. The van der Waals surface area contributed by atoms with E-state index in [0.717, 1.165) is 34.4 Å². The first-order chi connectivity index (χ1) is 13.9. The molecule has 2 amide bonds. The molecule has 0 bridgehead atoms. The number of halogens is 2. The van der Waals surface area contributed by atoms with Gasteiger partial charge in [0.05, 0.1) is 21.3 Å². The third kappa shape index (κ3) is 3.62. The number of hydrogen-bond acceptors (Lipinski definition) is 3. The molecule has 7 heteroatoms. The summed E-state index contributed by atoms with van der Waals surface area (Å²) in [6.07, 6.45) is 1.76. The van der Waals surface area contributed by atoms with Crippen LogP contribution in [-0.2, 0) is 4.79 Å². The second-order valence-electron chi connectivity index (χ2n) is 6.61. The molecule has 0 radical (unpaired) electrons. The second kappa shape index (κ2) is 7.75. The smallest absolute Gasteiger partial charge is 0.298 e. The number of amides is 2. The quantitative estimate of drug-likeness (QED) is 0.426. The Morgan fingerprint density at radius 3 is 2.38 bits per heavy atom. The normalized spacial score (nSPS) is 15.6. The first kappa shape index (κ1) is 19.8. The Morgan fingerprint density at radius 1 is 0.966 bits per heavy atom. The Bertz CT molecular complexity index is 1170. The lowest BCUT2D eigenvalue weighted by atomic mass is 10.2. The monoisotopic (exact) mass is 442 g/mol. The maximum Gasteiger partial charge on any atom is 0.298 e. The molecule has 2 heterocycles. The molecule has 0 atom stereocenters. The largest absolute Gasteiger partial charge is 0.316 e. The van der Waals surface area contributed by atoms with Gasteiger partial charge in [-0.3, -0.25) is 9.59 Å². The lowest BCUT2D eigenvalue weighted by molar-refractivity contribution is -0.113. The van der Waals surface area contributed by atoms with Gasteiger partial charge in [-0.25, -0.2) is 4.90 Å². The van der Waals surface area contributed by atoms with E-state index in [2.05, 4.69) is 0 Å². The fraction of sp³-hybridized carbons (Fsp3) is 0.0909. The first-order valence-corrected chi connectivity index (χ1v) is 10.4. The van der Waals surface area contributed by atoms with Crippen LogP contribution in [0.1, 0.15) is 17.0 Å². The number of imide groups is 1. The number of rotatable bonds is 3. The number of carbonyl (C=O) groups is 2. The highest BCUT2D eigenvalue weighted by Crippen LogP contribution is 2.37. The molecule has 146 valence electrons. The van der Waals surface area contributed by atoms with E-state index in [-0.39, 0.29) is 11.1 Å². The van der Waals surface area contributed by atoms with Crippen LogP contribution >= 0.6 is 35.0 Å². The van der Waals surface area contributed by atoms with E-state index in [1.165, 1.54) is 4.90 Å². The second-order valence-corrected chi connectivity index (χ2v) is 8.45. The van der Waals surface area contributed by atoms with E-state index < -0.39 is 0 Å². The number of hydrogen-bond donors (Lipinski definition) is 0. The molecule has 1 aliphatic rings. The molecule has 1 aromatic heterocycles. The fourth-order valence-corrected chi connectivity index (χ4v) is 4.70. The van der Waals surface area contributed by atoms with Crippen molar-refractivity contribution >= 4 is 57.9 Å². The van der Waals surface area contributed by atoms with Gasteiger partial charge in [0.2, 0.25) is 0 Å². The van der Waals surface area contributed by atoms with Crippen LogP contribution < -0.4 is 4.90 Å². The third-order valence-corrected chi connectivity index (χ3v) is 6.12. The summed E-state index contributed by atoms with van der Waals surface area (Å²) in [4.78, 5) is 26.9. The summed E-state index contributed by atoms with van der Waals surface area (Å²) >= 11 is 13.3. The summed E-state index contributed by atoms with van der Waals surface area (Å²) in [7, 11) is 0. The number of carbonyl (C=O) groups excluding carboxylic acids is 2. The number of aryl methyl sites for hydroxylation is 1. The zero-order valence-corrected chi connectivity index (χ0v) is 18.0. The standard InChI is InChI=1S/C22H16Cl2N2O2S/c1-13-10-15(14(2)25(13)19-9-8-16(23)12-18(19)24)11-20-21(27)26(22(28)29-20)17-6-4-3-5-7-17/h3-12H,1-2H3/b20-11-. The van der Waals surface area contributed by atoms with Crippen LogP contribution in [0.5, 0.6) is 0 Å². The molecule has 0 N–H and O–H groups in total. The van der Waals surface area contributed by atoms with Crippen molar-refractivity contribution in [2.75, 3.05) is 4.90 Å². The molecule has 2 aromatic carbocycles. The van der Waals surface area contributed by atoms with Gasteiger partial charge < -0.3 is 4.57 Å². The van der Waals surface area contributed by atoms with E-state index in [0.29, 0.717) is 20.6 Å². The maximum absolute atomic E-state index is 12.9. The molecule has 1 fully saturated rings. The van der Waals surface area contributed by atoms with Crippen molar-refractivity contribution in [3.63, 3.8) is 0 Å². The number of thioether (sulfide) groups is 1. The van der Waals surface area contributed by atoms with Crippen LogP contribution in [-0.4, -0.2) is 15.7 Å². The Morgan fingerprint density at radius 2 is 1.69 bits per heavy atom. The molecule has 0 unspecified atom stereocenters. The number of benzene rings is 2. The predicted molar refractivity (Wildman–Crippen MR) is 120 cm³/mol. The van der Waals surface area contributed by atoms with Gasteiger partial charge in [0.15, 0.2) is 0 Å². The molecular formula is C22H16Cl2N2O2S. The molecule has 3 aromatic rings. The average molecular weight is 443 g/mol. The fourth-order valence-electron chi connectivity index (χ4n) is 3.38. The van der Waals surface area contributed by atoms with E-state index in [1.807, 2.05) is 36.6 Å². The van der Waals surface area contributed by atoms with Gasteiger partial charge in [-0.05, 0) is 73.6 Å². The molecule has 0 aliphatic carbocycles. The summed E-state index contributed by atoms with van der Waals surface area (Å²) in [5, 5.41) is 0.799. The van der Waals surface area contributed by atoms with Crippen LogP contribution in [0, 0.1) is 13.8 Å². The zero-order valence-electron chi connectivity index (χ0n) is 15.6. The Hall–Kier alpha value is -2.47. The van der Waals surface area contributed by atoms with Crippen molar-refractivity contribution < 1.29 is 9.59 Å². The third-order valence-electron chi connectivity index (χ3n) is 4.72. The van der Waals surface area contributed by atoms with Gasteiger partial charge in [-0.1, -0.05) is 41.4 Å². The topological polar surface area (TPSA) is 42.3 Å². The summed E-state index contributed by atoms with van der Waals surface area (Å²) in [5.41, 5.74) is 4.10. The molecular weight excluding hydrogens is 427 g/mol. The van der Waals surface area contributed by atoms with Crippen LogP contribution in [0.3, 0.4) is 0 Å². The minimum atomic E-state index is -0.319. The van der Waals surface area contributed by atoms with Crippen LogP contribution in [0.2, 0.25) is 10.0 Å². The molecule has 1 saturated heterocycles. The van der Waals surface area contributed by atoms with Crippen molar-refractivity contribution in [1.82, 2.24) is 4.57 Å². The lowest BCUT2D eigenvalue weighted by Gasteiger charge is -2.12. The van der Waals surface area contributed by atoms with Gasteiger partial charge in [-0.15, -0.1) is 0 Å². The molecule has 1 aliphatic heterocycles. The highest BCUT2D eigenvalue weighted by atomic mass is 35.5. The molecule has 29 heavy (non-hydrogen) atoms. The van der Waals surface area contributed by atoms with Gasteiger partial charge >= 0.3 is 0 Å². The van der Waals surface area contributed by atoms with Crippen LogP contribution in [0.4, 0.5) is 10.5 Å². The maximum atomic E-state index is 12.9. The van der Waals surface area contributed by atoms with Gasteiger partial charge in [0.1, 0.15) is 0 Å². The summed E-state index contributed by atoms with van der Waals surface area (Å²) < 4.78 is 2.01. The summed E-state index contributed by atoms with van der Waals surface area (Å²) in [5.74, 6) is -0.319. The lowest BCUT2D eigenvalue weighted by Crippen LogP contribution is -2.27. The van der Waals surface area contributed by atoms with Gasteiger partial charge in [0, 0.05) is 16.4 Å². The Labute approximate surface area is 182 Å². The van der Waals surface area contributed by atoms with Crippen molar-refractivity contribution in [1.29, 1.82) is 0 Å². The minimum absolute atomic E-state index is 0.304. The summed E-state index contributed by atoms with van der Waals surface area (Å²) in [6.45, 7) is 3.91. The van der Waals surface area contributed by atoms with E-state index in [4.69, 9.17) is 23.2 Å². The molecule has 4 rings (SSSR count). The van der Waals surface area contributed by atoms with Crippen LogP contribution in [0.15, 0.2) is 59.5 Å². The van der Waals surface area contributed by atoms with E-state index >= 15 is 0 Å². The minimum Gasteiger partial charge on any atom is -0.316 e. The SMILES string of the molecule is Cc1cc(/C=C2\SC(=O)N(c3ccccc3)C2=O)c(C)n1-c1ccc(Cl)cc1Cl. The molecule has 0 spiro atoms. The van der Waals surface area contributed by atoms with Crippen LogP contribution in [0.25, 0.3) is 11.8 Å². The number of anilines is 1. The van der Waals surface area contributed by atoms with Crippen molar-refractivity contribution in [3.05, 3.63) is 86.5 Å². The zero-order chi connectivity index (χ0) is 20.7. The van der Waals surface area contributed by atoms with Gasteiger partial charge in [0.25, 0.3) is 11.1 Å². The number of aromatic nitrogens is 1. The summed E-state index contributed by atoms with van der Waals surface area (Å²) in [6, 6.07) is 16.2. The Balaban J connectivity index is 1.73.